The van der Waals surface area contributed by atoms with Gasteiger partial charge in [0.2, 0.25) is 5.91 Å². The summed E-state index contributed by atoms with van der Waals surface area (Å²) >= 11 is 3.46. The molecular formula is C21H25BrN2O3. The number of benzene rings is 2. The molecule has 0 aliphatic heterocycles. The lowest BCUT2D eigenvalue weighted by Gasteiger charge is -2.27. The molecule has 5 nitrogen and oxygen atoms in total. The van der Waals surface area contributed by atoms with E-state index in [1.165, 1.54) is 0 Å². The highest BCUT2D eigenvalue weighted by Crippen LogP contribution is 2.28. The number of carbonyl (C=O) groups is 2. The molecule has 0 aromatic heterocycles. The Kier molecular flexibility index (Phi) is 7.42. The number of carbonyl (C=O) groups excluding carboxylic acids is 2. The number of aryl methyl sites for hydroxylation is 2. The lowest BCUT2D eigenvalue weighted by Crippen LogP contribution is -2.41. The third-order valence-electron chi connectivity index (χ3n) is 4.22. The molecule has 0 radical (unpaired) electrons. The molecule has 0 aliphatic carbocycles. The van der Waals surface area contributed by atoms with E-state index >= 15 is 0 Å². The molecule has 27 heavy (non-hydrogen) atoms. The van der Waals surface area contributed by atoms with E-state index in [0.29, 0.717) is 12.3 Å². The van der Waals surface area contributed by atoms with E-state index in [0.717, 1.165) is 21.2 Å². The maximum atomic E-state index is 13.0. The fourth-order valence-corrected chi connectivity index (χ4v) is 3.57. The second-order valence-corrected chi connectivity index (χ2v) is 7.51. The Bertz CT molecular complexity index is 785. The molecule has 0 saturated carbocycles. The van der Waals surface area contributed by atoms with Crippen LogP contribution in [-0.2, 0) is 16.1 Å². The summed E-state index contributed by atoms with van der Waals surface area (Å²) in [6, 6.07) is 13.5. The minimum absolute atomic E-state index is 0.113. The van der Waals surface area contributed by atoms with Crippen LogP contribution < -0.4 is 10.5 Å². The third kappa shape index (κ3) is 6.10. The van der Waals surface area contributed by atoms with Crippen molar-refractivity contribution >= 4 is 27.7 Å². The molecule has 2 aromatic rings. The molecule has 2 aromatic carbocycles. The van der Waals surface area contributed by atoms with Crippen LogP contribution in [0.4, 0.5) is 0 Å². The summed E-state index contributed by atoms with van der Waals surface area (Å²) in [5.41, 5.74) is 8.16. The van der Waals surface area contributed by atoms with Crippen LogP contribution in [0.15, 0.2) is 46.9 Å². The second kappa shape index (κ2) is 9.55. The summed E-state index contributed by atoms with van der Waals surface area (Å²) in [6.45, 7) is 6.28. The van der Waals surface area contributed by atoms with Crippen molar-refractivity contribution in [1.82, 2.24) is 4.90 Å². The van der Waals surface area contributed by atoms with Crippen LogP contribution in [0.3, 0.4) is 0 Å². The summed E-state index contributed by atoms with van der Waals surface area (Å²) < 4.78 is 6.96. The number of primary amides is 1. The smallest absolute Gasteiger partial charge is 0.263 e. The minimum atomic E-state index is -0.680. The van der Waals surface area contributed by atoms with Crippen LogP contribution in [0, 0.1) is 13.8 Å². The van der Waals surface area contributed by atoms with Crippen LogP contribution >= 0.6 is 15.9 Å². The Balaban J connectivity index is 2.16. The van der Waals surface area contributed by atoms with Gasteiger partial charge in [-0.1, -0.05) is 46.3 Å². The van der Waals surface area contributed by atoms with E-state index in [4.69, 9.17) is 10.5 Å². The normalized spacial score (nSPS) is 11.7. The molecule has 0 heterocycles. The Hall–Kier alpha value is -2.34. The van der Waals surface area contributed by atoms with E-state index in [2.05, 4.69) is 15.9 Å². The van der Waals surface area contributed by atoms with E-state index in [1.807, 2.05) is 56.3 Å². The molecule has 144 valence electrons. The van der Waals surface area contributed by atoms with Crippen molar-refractivity contribution in [3.8, 4) is 5.75 Å². The van der Waals surface area contributed by atoms with Crippen LogP contribution in [0.2, 0.25) is 0 Å². The molecule has 0 fully saturated rings. The lowest BCUT2D eigenvalue weighted by atomic mass is 10.1. The lowest BCUT2D eigenvalue weighted by molar-refractivity contribution is -0.139. The molecule has 2 N–H and O–H groups in total. The molecule has 0 aliphatic rings. The summed E-state index contributed by atoms with van der Waals surface area (Å²) in [5.74, 6) is 0.0875. The Morgan fingerprint density at radius 3 is 2.30 bits per heavy atom. The Morgan fingerprint density at radius 2 is 1.74 bits per heavy atom. The fourth-order valence-electron chi connectivity index (χ4n) is 2.88. The summed E-state index contributed by atoms with van der Waals surface area (Å²) in [6.07, 6.45) is -0.568. The molecule has 1 atom stereocenters. The number of hydrogen-bond donors (Lipinski definition) is 1. The number of hydrogen-bond acceptors (Lipinski definition) is 3. The zero-order valence-electron chi connectivity index (χ0n) is 15.9. The van der Waals surface area contributed by atoms with Crippen LogP contribution in [0.5, 0.6) is 5.75 Å². The number of halogens is 1. The van der Waals surface area contributed by atoms with E-state index < -0.39 is 12.0 Å². The summed E-state index contributed by atoms with van der Waals surface area (Å²) in [5, 5.41) is 0. The first-order chi connectivity index (χ1) is 12.8. The first kappa shape index (κ1) is 21.0. The zero-order valence-corrected chi connectivity index (χ0v) is 17.5. The van der Waals surface area contributed by atoms with Gasteiger partial charge >= 0.3 is 0 Å². The number of nitrogens with zero attached hydrogens (tertiary/aromatic N) is 1. The average molecular weight is 433 g/mol. The molecule has 0 saturated heterocycles. The Morgan fingerprint density at radius 1 is 1.15 bits per heavy atom. The molecule has 0 spiro atoms. The van der Waals surface area contributed by atoms with Gasteiger partial charge in [-0.3, -0.25) is 9.59 Å². The monoisotopic (exact) mass is 432 g/mol. The van der Waals surface area contributed by atoms with Gasteiger partial charge in [-0.2, -0.15) is 0 Å². The molecule has 1 unspecified atom stereocenters. The van der Waals surface area contributed by atoms with Crippen molar-refractivity contribution in [2.75, 3.05) is 6.54 Å². The Labute approximate surface area is 168 Å². The van der Waals surface area contributed by atoms with E-state index in [-0.39, 0.29) is 18.9 Å². The minimum Gasteiger partial charge on any atom is -0.480 e. The first-order valence-electron chi connectivity index (χ1n) is 8.82. The van der Waals surface area contributed by atoms with Gasteiger partial charge < -0.3 is 15.4 Å². The molecule has 0 bridgehead atoms. The quantitative estimate of drug-likeness (QED) is 0.690. The van der Waals surface area contributed by atoms with Gasteiger partial charge in [-0.05, 0) is 49.6 Å². The van der Waals surface area contributed by atoms with Gasteiger partial charge in [-0.15, -0.1) is 0 Å². The maximum absolute atomic E-state index is 13.0. The average Bonchev–Trinajstić information content (AvgIpc) is 2.61. The van der Waals surface area contributed by atoms with Crippen LogP contribution in [-0.4, -0.2) is 29.4 Å². The van der Waals surface area contributed by atoms with E-state index in [9.17, 15) is 9.59 Å². The van der Waals surface area contributed by atoms with Gasteiger partial charge in [0.15, 0.2) is 6.10 Å². The zero-order chi connectivity index (χ0) is 20.0. The highest BCUT2D eigenvalue weighted by atomic mass is 79.9. The molecule has 2 amide bonds. The summed E-state index contributed by atoms with van der Waals surface area (Å²) in [7, 11) is 0. The van der Waals surface area contributed by atoms with Crippen molar-refractivity contribution < 1.29 is 14.3 Å². The number of nitrogens with two attached hydrogens (primary N) is 1. The van der Waals surface area contributed by atoms with Crippen molar-refractivity contribution in [2.45, 2.75) is 39.8 Å². The van der Waals surface area contributed by atoms with Crippen molar-refractivity contribution in [1.29, 1.82) is 0 Å². The second-order valence-electron chi connectivity index (χ2n) is 6.59. The maximum Gasteiger partial charge on any atom is 0.263 e. The molecule has 2 rings (SSSR count). The SMILES string of the molecule is Cc1cc(Br)cc(C)c1OC(C)C(=O)N(CCC(N)=O)Cc1ccccc1. The topological polar surface area (TPSA) is 72.6 Å². The molecular weight excluding hydrogens is 408 g/mol. The number of rotatable bonds is 8. The first-order valence-corrected chi connectivity index (χ1v) is 9.61. The number of amides is 2. The molecule has 6 heteroatoms. The van der Waals surface area contributed by atoms with Gasteiger partial charge in [-0.25, -0.2) is 0 Å². The van der Waals surface area contributed by atoms with Gasteiger partial charge in [0.25, 0.3) is 5.91 Å². The third-order valence-corrected chi connectivity index (χ3v) is 4.68. The summed E-state index contributed by atoms with van der Waals surface area (Å²) in [4.78, 5) is 25.8. The van der Waals surface area contributed by atoms with Gasteiger partial charge in [0, 0.05) is 24.0 Å². The van der Waals surface area contributed by atoms with Crippen molar-refractivity contribution in [2.24, 2.45) is 5.73 Å². The van der Waals surface area contributed by atoms with Gasteiger partial charge in [0.05, 0.1) is 0 Å². The standard InChI is InChI=1S/C21H25BrN2O3/c1-14-11-18(22)12-15(2)20(14)27-16(3)21(26)24(10-9-19(23)25)13-17-7-5-4-6-8-17/h4-8,11-12,16H,9-10,13H2,1-3H3,(H2,23,25). The number of ether oxygens (including phenoxy) is 1. The predicted octanol–water partition coefficient (Wildman–Crippen LogP) is 3.74. The highest BCUT2D eigenvalue weighted by Gasteiger charge is 2.24. The van der Waals surface area contributed by atoms with Crippen LogP contribution in [0.25, 0.3) is 0 Å². The van der Waals surface area contributed by atoms with Crippen molar-refractivity contribution in [3.05, 3.63) is 63.6 Å². The van der Waals surface area contributed by atoms with Gasteiger partial charge in [0.1, 0.15) is 5.75 Å². The largest absolute Gasteiger partial charge is 0.480 e. The highest BCUT2D eigenvalue weighted by molar-refractivity contribution is 9.10. The van der Waals surface area contributed by atoms with Crippen molar-refractivity contribution in [3.63, 3.8) is 0 Å². The van der Waals surface area contributed by atoms with E-state index in [1.54, 1.807) is 11.8 Å². The predicted molar refractivity (Wildman–Crippen MR) is 109 cm³/mol. The fraction of sp³-hybridized carbons (Fsp3) is 0.333. The van der Waals surface area contributed by atoms with Crippen LogP contribution in [0.1, 0.15) is 30.0 Å².